The number of hydrogen-bond donors (Lipinski definition) is 1. The Morgan fingerprint density at radius 3 is 2.76 bits per heavy atom. The lowest BCUT2D eigenvalue weighted by molar-refractivity contribution is -0.115. The average Bonchev–Trinajstić information content (AvgIpc) is 2.67. The van der Waals surface area contributed by atoms with Crippen LogP contribution in [0.15, 0.2) is 29.6 Å². The zero-order chi connectivity index (χ0) is 12.3. The molecule has 0 aliphatic carbocycles. The van der Waals surface area contributed by atoms with Crippen molar-refractivity contribution < 1.29 is 4.79 Å². The molecule has 0 fully saturated rings. The summed E-state index contributed by atoms with van der Waals surface area (Å²) in [4.78, 5) is 16.1. The number of aromatic nitrogens is 1. The van der Waals surface area contributed by atoms with Gasteiger partial charge < -0.3 is 5.32 Å². The van der Waals surface area contributed by atoms with E-state index in [1.807, 2.05) is 43.5 Å². The maximum Gasteiger partial charge on any atom is 0.230 e. The minimum atomic E-state index is -0.0235. The molecule has 0 unspecified atom stereocenters. The van der Waals surface area contributed by atoms with E-state index in [4.69, 9.17) is 0 Å². The SMILES string of the molecule is Cc1nc(CC(=O)Nc2ccccc2C)cs1. The summed E-state index contributed by atoms with van der Waals surface area (Å²) >= 11 is 1.56. The third-order valence-electron chi connectivity index (χ3n) is 2.43. The lowest BCUT2D eigenvalue weighted by atomic mass is 10.2. The quantitative estimate of drug-likeness (QED) is 0.904. The second-order valence-electron chi connectivity index (χ2n) is 3.90. The maximum absolute atomic E-state index is 11.8. The van der Waals surface area contributed by atoms with E-state index in [1.165, 1.54) is 0 Å². The van der Waals surface area contributed by atoms with Gasteiger partial charge in [0.05, 0.1) is 17.1 Å². The molecule has 17 heavy (non-hydrogen) atoms. The van der Waals surface area contributed by atoms with Crippen LogP contribution in [0.4, 0.5) is 5.69 Å². The molecule has 1 amide bonds. The predicted molar refractivity (Wildman–Crippen MR) is 70.4 cm³/mol. The van der Waals surface area contributed by atoms with Gasteiger partial charge in [0.1, 0.15) is 0 Å². The summed E-state index contributed by atoms with van der Waals surface area (Å²) in [7, 11) is 0. The summed E-state index contributed by atoms with van der Waals surface area (Å²) in [6.45, 7) is 3.91. The van der Waals surface area contributed by atoms with Crippen LogP contribution in [0.1, 0.15) is 16.3 Å². The van der Waals surface area contributed by atoms with Gasteiger partial charge in [-0.1, -0.05) is 18.2 Å². The highest BCUT2D eigenvalue weighted by molar-refractivity contribution is 7.09. The topological polar surface area (TPSA) is 42.0 Å². The fraction of sp³-hybridized carbons (Fsp3) is 0.231. The average molecular weight is 246 g/mol. The molecule has 2 aromatic rings. The Labute approximate surface area is 105 Å². The number of hydrogen-bond acceptors (Lipinski definition) is 3. The molecule has 3 nitrogen and oxygen atoms in total. The van der Waals surface area contributed by atoms with E-state index in [-0.39, 0.29) is 5.91 Å². The summed E-state index contributed by atoms with van der Waals surface area (Å²) in [5.41, 5.74) is 2.76. The van der Waals surface area contributed by atoms with Gasteiger partial charge in [-0.25, -0.2) is 4.98 Å². The van der Waals surface area contributed by atoms with E-state index in [0.717, 1.165) is 22.0 Å². The Balaban J connectivity index is 2.01. The first-order chi connectivity index (χ1) is 8.15. The lowest BCUT2D eigenvalue weighted by Gasteiger charge is -2.06. The van der Waals surface area contributed by atoms with Crippen LogP contribution in [-0.4, -0.2) is 10.9 Å². The number of amides is 1. The standard InChI is InChI=1S/C13H14N2OS/c1-9-5-3-4-6-12(9)15-13(16)7-11-8-17-10(2)14-11/h3-6,8H,7H2,1-2H3,(H,15,16). The number of rotatable bonds is 3. The zero-order valence-corrected chi connectivity index (χ0v) is 10.7. The van der Waals surface area contributed by atoms with E-state index in [0.29, 0.717) is 6.42 Å². The summed E-state index contributed by atoms with van der Waals surface area (Å²) < 4.78 is 0. The number of para-hydroxylation sites is 1. The maximum atomic E-state index is 11.8. The zero-order valence-electron chi connectivity index (χ0n) is 9.86. The third-order valence-corrected chi connectivity index (χ3v) is 3.25. The molecule has 2 rings (SSSR count). The minimum absolute atomic E-state index is 0.0235. The summed E-state index contributed by atoms with van der Waals surface area (Å²) in [6, 6.07) is 7.74. The summed E-state index contributed by atoms with van der Waals surface area (Å²) in [5, 5.41) is 5.81. The number of nitrogens with zero attached hydrogens (tertiary/aromatic N) is 1. The van der Waals surface area contributed by atoms with Gasteiger partial charge in [-0.2, -0.15) is 0 Å². The number of thiazole rings is 1. The van der Waals surface area contributed by atoms with E-state index < -0.39 is 0 Å². The van der Waals surface area contributed by atoms with Crippen molar-refractivity contribution in [2.45, 2.75) is 20.3 Å². The highest BCUT2D eigenvalue weighted by Crippen LogP contribution is 2.14. The number of carbonyl (C=O) groups is 1. The molecule has 0 saturated heterocycles. The molecule has 0 radical (unpaired) electrons. The van der Waals surface area contributed by atoms with Crippen molar-refractivity contribution in [3.63, 3.8) is 0 Å². The molecular formula is C13H14N2OS. The summed E-state index contributed by atoms with van der Waals surface area (Å²) in [6.07, 6.45) is 0.332. The van der Waals surface area contributed by atoms with Gasteiger partial charge in [0.25, 0.3) is 0 Å². The largest absolute Gasteiger partial charge is 0.326 e. The van der Waals surface area contributed by atoms with Crippen LogP contribution in [0.25, 0.3) is 0 Å². The predicted octanol–water partition coefficient (Wildman–Crippen LogP) is 2.94. The molecule has 0 spiro atoms. The van der Waals surface area contributed by atoms with Gasteiger partial charge in [-0.3, -0.25) is 4.79 Å². The number of aryl methyl sites for hydroxylation is 2. The first-order valence-corrected chi connectivity index (χ1v) is 6.29. The molecule has 0 aliphatic heterocycles. The monoisotopic (exact) mass is 246 g/mol. The molecule has 88 valence electrons. The van der Waals surface area contributed by atoms with E-state index in [9.17, 15) is 4.79 Å². The van der Waals surface area contributed by atoms with Crippen LogP contribution in [0, 0.1) is 13.8 Å². The van der Waals surface area contributed by atoms with Gasteiger partial charge >= 0.3 is 0 Å². The first kappa shape index (κ1) is 11.8. The lowest BCUT2D eigenvalue weighted by Crippen LogP contribution is -2.15. The van der Waals surface area contributed by atoms with Gasteiger partial charge in [0.15, 0.2) is 0 Å². The molecule has 0 saturated carbocycles. The van der Waals surface area contributed by atoms with Crippen molar-refractivity contribution in [3.8, 4) is 0 Å². The third kappa shape index (κ3) is 3.14. The number of anilines is 1. The van der Waals surface area contributed by atoms with Crippen molar-refractivity contribution in [2.75, 3.05) is 5.32 Å². The van der Waals surface area contributed by atoms with Gasteiger partial charge in [0, 0.05) is 11.1 Å². The van der Waals surface area contributed by atoms with Crippen molar-refractivity contribution in [3.05, 3.63) is 45.9 Å². The fourth-order valence-electron chi connectivity index (χ4n) is 1.56. The Morgan fingerprint density at radius 2 is 2.12 bits per heavy atom. The van der Waals surface area contributed by atoms with Crippen molar-refractivity contribution >= 4 is 22.9 Å². The highest BCUT2D eigenvalue weighted by Gasteiger charge is 2.07. The van der Waals surface area contributed by atoms with E-state index in [2.05, 4.69) is 10.3 Å². The fourth-order valence-corrected chi connectivity index (χ4v) is 2.17. The van der Waals surface area contributed by atoms with Crippen molar-refractivity contribution in [1.82, 2.24) is 4.98 Å². The van der Waals surface area contributed by atoms with Crippen LogP contribution in [-0.2, 0) is 11.2 Å². The Kier molecular flexibility index (Phi) is 3.54. The normalized spacial score (nSPS) is 10.2. The van der Waals surface area contributed by atoms with Crippen molar-refractivity contribution in [2.24, 2.45) is 0 Å². The summed E-state index contributed by atoms with van der Waals surface area (Å²) in [5.74, 6) is -0.0235. The molecule has 1 aromatic heterocycles. The molecule has 1 heterocycles. The molecule has 4 heteroatoms. The van der Waals surface area contributed by atoms with Crippen LogP contribution in [0.2, 0.25) is 0 Å². The second-order valence-corrected chi connectivity index (χ2v) is 4.96. The molecule has 0 bridgehead atoms. The van der Waals surface area contributed by atoms with E-state index in [1.54, 1.807) is 11.3 Å². The smallest absolute Gasteiger partial charge is 0.230 e. The second kappa shape index (κ2) is 5.10. The first-order valence-electron chi connectivity index (χ1n) is 5.41. The molecule has 1 aromatic carbocycles. The number of carbonyl (C=O) groups excluding carboxylic acids is 1. The van der Waals surface area contributed by atoms with Crippen LogP contribution in [0.5, 0.6) is 0 Å². The molecule has 0 atom stereocenters. The van der Waals surface area contributed by atoms with Crippen molar-refractivity contribution in [1.29, 1.82) is 0 Å². The Morgan fingerprint density at radius 1 is 1.35 bits per heavy atom. The molecular weight excluding hydrogens is 232 g/mol. The molecule has 0 aliphatic rings. The van der Waals surface area contributed by atoms with Crippen LogP contribution < -0.4 is 5.32 Å². The van der Waals surface area contributed by atoms with Crippen LogP contribution >= 0.6 is 11.3 Å². The Bertz CT molecular complexity index is 534. The van der Waals surface area contributed by atoms with Gasteiger partial charge in [-0.05, 0) is 25.5 Å². The van der Waals surface area contributed by atoms with Gasteiger partial charge in [0.2, 0.25) is 5.91 Å². The van der Waals surface area contributed by atoms with Gasteiger partial charge in [-0.15, -0.1) is 11.3 Å². The van der Waals surface area contributed by atoms with E-state index >= 15 is 0 Å². The highest BCUT2D eigenvalue weighted by atomic mass is 32.1. The molecule has 1 N–H and O–H groups in total. The Hall–Kier alpha value is -1.68. The number of nitrogens with one attached hydrogen (secondary N) is 1. The number of benzene rings is 1. The minimum Gasteiger partial charge on any atom is -0.326 e. The van der Waals surface area contributed by atoms with Crippen LogP contribution in [0.3, 0.4) is 0 Å².